The largest absolute Gasteiger partial charge is 0.299 e. The van der Waals surface area contributed by atoms with Gasteiger partial charge in [-0.05, 0) is 26.0 Å². The lowest BCUT2D eigenvalue weighted by atomic mass is 10.2. The van der Waals surface area contributed by atoms with E-state index >= 15 is 0 Å². The van der Waals surface area contributed by atoms with Gasteiger partial charge in [-0.3, -0.25) is 4.79 Å². The highest BCUT2D eigenvalue weighted by molar-refractivity contribution is 7.92. The molecule has 3 nitrogen and oxygen atoms in total. The molecule has 4 heteroatoms. The van der Waals surface area contributed by atoms with Crippen LogP contribution in [0.25, 0.3) is 0 Å². The van der Waals surface area contributed by atoms with Gasteiger partial charge in [0.25, 0.3) is 0 Å². The average molecular weight is 213 g/mol. The van der Waals surface area contributed by atoms with Crippen LogP contribution < -0.4 is 0 Å². The second-order valence-corrected chi connectivity index (χ2v) is 5.26. The predicted octanol–water partition coefficient (Wildman–Crippen LogP) is 1.36. The first-order valence-electron chi connectivity index (χ1n) is 4.21. The maximum Gasteiger partial charge on any atom is 0.185 e. The van der Waals surface area contributed by atoms with Crippen molar-refractivity contribution in [1.82, 2.24) is 0 Å². The molecule has 0 aliphatic carbocycles. The number of carbonyl (C=O) groups excluding carboxylic acids is 1. The van der Waals surface area contributed by atoms with E-state index in [-0.39, 0.29) is 10.7 Å². The number of sulfone groups is 1. The number of Topliss-reactive ketones (excluding diaryl/α,β-unsaturated/α-hetero) is 1. The summed E-state index contributed by atoms with van der Waals surface area (Å²) < 4.78 is 23.1. The molecule has 0 saturated carbocycles. The quantitative estimate of drug-likeness (QED) is 0.712. The van der Waals surface area contributed by atoms with E-state index in [0.29, 0.717) is 0 Å². The lowest BCUT2D eigenvalue weighted by Gasteiger charge is -2.01. The molecule has 0 fully saturated rings. The molecule has 0 N–H and O–H groups in total. The molecular weight excluding hydrogens is 201 g/mol. The van der Waals surface area contributed by atoms with Crippen LogP contribution in [0.5, 0.6) is 0 Å². The van der Waals surface area contributed by atoms with Crippen molar-refractivity contribution in [3.8, 4) is 0 Å². The van der Waals surface area contributed by atoms with Gasteiger partial charge in [0, 0.05) is 0 Å². The molecule has 1 aromatic rings. The van der Waals surface area contributed by atoms with E-state index in [2.05, 4.69) is 0 Å². The molecule has 0 aliphatic rings. The van der Waals surface area contributed by atoms with Gasteiger partial charge in [-0.25, -0.2) is 8.42 Å². The molecule has 0 bridgehead atoms. The Morgan fingerprint density at radius 2 is 1.71 bits per heavy atom. The minimum Gasteiger partial charge on any atom is -0.299 e. The fourth-order valence-corrected chi connectivity index (χ4v) is 2.35. The molecule has 0 unspecified atom stereocenters. The van der Waals surface area contributed by atoms with E-state index in [1.54, 1.807) is 12.1 Å². The molecule has 14 heavy (non-hydrogen) atoms. The normalized spacial score (nSPS) is 11.3. The SMILES string of the molecule is CC(=O)[13CH2]S(=O)(=O)c1ccc(C)cc1. The van der Waals surface area contributed by atoms with Gasteiger partial charge < -0.3 is 0 Å². The van der Waals surface area contributed by atoms with Crippen molar-refractivity contribution in [1.29, 1.82) is 0 Å². The zero-order valence-corrected chi connectivity index (χ0v) is 8.97. The number of aryl methyl sites for hydroxylation is 1. The van der Waals surface area contributed by atoms with Crippen molar-refractivity contribution in [3.63, 3.8) is 0 Å². The summed E-state index contributed by atoms with van der Waals surface area (Å²) in [6, 6.07) is 6.47. The fraction of sp³-hybridized carbons (Fsp3) is 0.300. The van der Waals surface area contributed by atoms with E-state index in [4.69, 9.17) is 0 Å². The van der Waals surface area contributed by atoms with E-state index in [9.17, 15) is 13.2 Å². The molecule has 0 heterocycles. The first-order valence-corrected chi connectivity index (χ1v) is 5.86. The van der Waals surface area contributed by atoms with Gasteiger partial charge in [0.05, 0.1) is 4.90 Å². The van der Waals surface area contributed by atoms with Crippen molar-refractivity contribution in [2.24, 2.45) is 0 Å². The van der Waals surface area contributed by atoms with Gasteiger partial charge in [0.1, 0.15) is 11.5 Å². The Morgan fingerprint density at radius 3 is 2.14 bits per heavy atom. The van der Waals surface area contributed by atoms with Crippen LogP contribution in [-0.2, 0) is 14.6 Å². The summed E-state index contributed by atoms with van der Waals surface area (Å²) in [5.41, 5.74) is 0.992. The summed E-state index contributed by atoms with van der Waals surface area (Å²) in [6.07, 6.45) is 0. The smallest absolute Gasteiger partial charge is 0.185 e. The molecule has 1 aromatic carbocycles. The molecule has 0 aliphatic heterocycles. The number of hydrogen-bond donors (Lipinski definition) is 0. The van der Waals surface area contributed by atoms with Crippen molar-refractivity contribution < 1.29 is 13.2 Å². The minimum atomic E-state index is -3.43. The Hall–Kier alpha value is -1.16. The molecule has 0 radical (unpaired) electrons. The number of carbonyl (C=O) groups is 1. The summed E-state index contributed by atoms with van der Waals surface area (Å²) in [4.78, 5) is 10.9. The third kappa shape index (κ3) is 2.67. The topological polar surface area (TPSA) is 51.2 Å². The highest BCUT2D eigenvalue weighted by atomic mass is 32.2. The van der Waals surface area contributed by atoms with E-state index in [1.807, 2.05) is 6.92 Å². The van der Waals surface area contributed by atoms with Crippen LogP contribution in [0.15, 0.2) is 29.2 Å². The number of benzene rings is 1. The van der Waals surface area contributed by atoms with Crippen molar-refractivity contribution in [2.75, 3.05) is 5.75 Å². The van der Waals surface area contributed by atoms with Gasteiger partial charge in [0.15, 0.2) is 9.84 Å². The summed E-state index contributed by atoms with van der Waals surface area (Å²) in [5.74, 6) is -0.763. The maximum absolute atomic E-state index is 11.5. The number of ketones is 1. The summed E-state index contributed by atoms with van der Waals surface area (Å²) in [6.45, 7) is 3.15. The van der Waals surface area contributed by atoms with E-state index in [0.717, 1.165) is 5.56 Å². The van der Waals surface area contributed by atoms with Crippen LogP contribution in [-0.4, -0.2) is 20.0 Å². The lowest BCUT2D eigenvalue weighted by Crippen LogP contribution is -2.13. The molecule has 0 atom stereocenters. The molecule has 0 aromatic heterocycles. The van der Waals surface area contributed by atoms with Gasteiger partial charge >= 0.3 is 0 Å². The molecular formula is C10H12O3S. The van der Waals surface area contributed by atoms with Crippen LogP contribution in [0.4, 0.5) is 0 Å². The summed E-state index contributed by atoms with van der Waals surface area (Å²) >= 11 is 0. The maximum atomic E-state index is 11.5. The first kappa shape index (κ1) is 10.9. The average Bonchev–Trinajstić information content (AvgIpc) is 2.02. The van der Waals surface area contributed by atoms with Crippen LogP contribution in [0.1, 0.15) is 12.5 Å². The highest BCUT2D eigenvalue weighted by Crippen LogP contribution is 2.11. The molecule has 0 saturated heterocycles. The Bertz CT molecular complexity index is 429. The van der Waals surface area contributed by atoms with Crippen molar-refractivity contribution >= 4 is 15.6 Å². The van der Waals surface area contributed by atoms with Crippen LogP contribution in [0, 0.1) is 6.92 Å². The van der Waals surface area contributed by atoms with Crippen LogP contribution in [0.3, 0.4) is 0 Å². The van der Waals surface area contributed by atoms with Crippen LogP contribution in [0.2, 0.25) is 0 Å². The highest BCUT2D eigenvalue weighted by Gasteiger charge is 2.15. The Labute approximate surface area is 83.7 Å². The standard InChI is InChI=1S/C10H12O3S/c1-8-3-5-10(6-4-8)14(12,13)7-9(2)11/h3-6H,7H2,1-2H3/i7+1. The van der Waals surface area contributed by atoms with Gasteiger partial charge in [0.2, 0.25) is 0 Å². The third-order valence-electron chi connectivity index (χ3n) is 1.77. The lowest BCUT2D eigenvalue weighted by molar-refractivity contribution is -0.114. The molecule has 76 valence electrons. The Kier molecular flexibility index (Phi) is 3.06. The van der Waals surface area contributed by atoms with Crippen molar-refractivity contribution in [3.05, 3.63) is 29.8 Å². The molecule has 1 rings (SSSR count). The van der Waals surface area contributed by atoms with Crippen LogP contribution >= 0.6 is 0 Å². The molecule has 0 amide bonds. The van der Waals surface area contributed by atoms with Crippen molar-refractivity contribution in [2.45, 2.75) is 18.7 Å². The summed E-state index contributed by atoms with van der Waals surface area (Å²) in [7, 11) is -3.43. The first-order chi connectivity index (χ1) is 6.42. The number of rotatable bonds is 3. The molecule has 0 spiro atoms. The van der Waals surface area contributed by atoms with Gasteiger partial charge in [-0.15, -0.1) is 0 Å². The number of hydrogen-bond acceptors (Lipinski definition) is 3. The zero-order chi connectivity index (χ0) is 10.8. The van der Waals surface area contributed by atoms with E-state index < -0.39 is 15.6 Å². The monoisotopic (exact) mass is 213 g/mol. The van der Waals surface area contributed by atoms with Gasteiger partial charge in [-0.1, -0.05) is 17.7 Å². The third-order valence-corrected chi connectivity index (χ3v) is 3.55. The van der Waals surface area contributed by atoms with E-state index in [1.165, 1.54) is 19.1 Å². The zero-order valence-electron chi connectivity index (χ0n) is 8.15. The summed E-state index contributed by atoms with van der Waals surface area (Å²) in [5, 5.41) is 0. The Balaban J connectivity index is 3.05. The second-order valence-electron chi connectivity index (χ2n) is 3.27. The fourth-order valence-electron chi connectivity index (χ4n) is 1.10. The minimum absolute atomic E-state index is 0.207. The Morgan fingerprint density at radius 1 is 1.21 bits per heavy atom. The second kappa shape index (κ2) is 3.92. The predicted molar refractivity (Wildman–Crippen MR) is 53.9 cm³/mol. The van der Waals surface area contributed by atoms with Gasteiger partial charge in [-0.2, -0.15) is 0 Å².